The number of thiophene rings is 1. The Hall–Kier alpha value is -3.89. The molecule has 1 unspecified atom stereocenters. The standard InChI is InChI=1S/C37H29F3S/c1-23-5-4-7-27(19-23)34-21-24(20-29-14-18-36(41-29)26-9-12-28(13-10-26)37(38,39)40)22-35-32-15-11-25-6-2-3-8-30(25)31(32)16-17-33(34)35/h2-14,16-19,24H,15,20-22H2,1H3. The molecular weight excluding hydrogens is 533 g/mol. The average molecular weight is 563 g/mol. The summed E-state index contributed by atoms with van der Waals surface area (Å²) in [7, 11) is 0. The van der Waals surface area contributed by atoms with Crippen molar-refractivity contribution in [1.82, 2.24) is 0 Å². The second-order valence-electron chi connectivity index (χ2n) is 11.3. The highest BCUT2D eigenvalue weighted by Crippen LogP contribution is 2.36. The molecule has 1 atom stereocenters. The van der Waals surface area contributed by atoms with E-state index in [2.05, 4.69) is 85.8 Å². The molecule has 0 bridgehead atoms. The molecule has 0 amide bonds. The largest absolute Gasteiger partial charge is 0.416 e. The predicted octanol–water partition coefficient (Wildman–Crippen LogP) is 8.37. The van der Waals surface area contributed by atoms with Gasteiger partial charge in [0, 0.05) is 9.75 Å². The second kappa shape index (κ2) is 10.2. The van der Waals surface area contributed by atoms with Gasteiger partial charge in [0.25, 0.3) is 0 Å². The average Bonchev–Trinajstić information content (AvgIpc) is 3.44. The van der Waals surface area contributed by atoms with Gasteiger partial charge in [-0.2, -0.15) is 13.2 Å². The summed E-state index contributed by atoms with van der Waals surface area (Å²) in [5.41, 5.74) is 7.13. The van der Waals surface area contributed by atoms with Crippen LogP contribution in [-0.4, -0.2) is 0 Å². The summed E-state index contributed by atoms with van der Waals surface area (Å²) in [6.45, 7) is 2.15. The Morgan fingerprint density at radius 3 is 2.34 bits per heavy atom. The second-order valence-corrected chi connectivity index (χ2v) is 12.4. The molecule has 0 aliphatic heterocycles. The van der Waals surface area contributed by atoms with E-state index in [1.165, 1.54) is 65.7 Å². The number of hydrogen-bond acceptors (Lipinski definition) is 1. The van der Waals surface area contributed by atoms with Crippen LogP contribution in [0.3, 0.4) is 0 Å². The fourth-order valence-electron chi connectivity index (χ4n) is 6.59. The van der Waals surface area contributed by atoms with Crippen molar-refractivity contribution in [3.8, 4) is 10.4 Å². The summed E-state index contributed by atoms with van der Waals surface area (Å²) in [6, 6.07) is 31.9. The summed E-state index contributed by atoms with van der Waals surface area (Å²) in [4.78, 5) is 2.29. The molecule has 0 radical (unpaired) electrons. The van der Waals surface area contributed by atoms with Gasteiger partial charge in [-0.1, -0.05) is 84.4 Å². The Kier molecular flexibility index (Phi) is 6.47. The van der Waals surface area contributed by atoms with E-state index < -0.39 is 11.7 Å². The number of halogens is 3. The van der Waals surface area contributed by atoms with Crippen molar-refractivity contribution in [2.24, 2.45) is 5.92 Å². The van der Waals surface area contributed by atoms with Gasteiger partial charge in [0.1, 0.15) is 0 Å². The summed E-state index contributed by atoms with van der Waals surface area (Å²) in [5.74, 6) is 0.445. The molecule has 2 aliphatic rings. The van der Waals surface area contributed by atoms with Crippen LogP contribution in [0, 0.1) is 23.3 Å². The molecule has 4 aromatic carbocycles. The van der Waals surface area contributed by atoms with Crippen LogP contribution in [0.2, 0.25) is 0 Å². The number of fused-ring (bicyclic) bond motifs is 4. The zero-order valence-electron chi connectivity index (χ0n) is 22.8. The molecule has 0 nitrogen and oxygen atoms in total. The van der Waals surface area contributed by atoms with E-state index in [9.17, 15) is 13.2 Å². The number of hydrogen-bond donors (Lipinski definition) is 0. The van der Waals surface area contributed by atoms with E-state index >= 15 is 0 Å². The maximum absolute atomic E-state index is 13.0. The van der Waals surface area contributed by atoms with Gasteiger partial charge in [-0.25, -0.2) is 0 Å². The van der Waals surface area contributed by atoms with Crippen LogP contribution in [0.5, 0.6) is 0 Å². The SMILES string of the molecule is Cc1cccc(C2=c3ccc4c(c3CC(Cc3ccc(-c5ccc(C(F)(F)F)cc5)s3)C2)CC=c2ccccc2=4)c1. The van der Waals surface area contributed by atoms with Crippen LogP contribution >= 0.6 is 11.3 Å². The lowest BCUT2D eigenvalue weighted by Crippen LogP contribution is -2.28. The first-order valence-corrected chi connectivity index (χ1v) is 14.9. The molecule has 0 saturated heterocycles. The third-order valence-corrected chi connectivity index (χ3v) is 9.69. The minimum atomic E-state index is -4.32. The van der Waals surface area contributed by atoms with Gasteiger partial charge >= 0.3 is 6.18 Å². The lowest BCUT2D eigenvalue weighted by Gasteiger charge is -2.27. The highest BCUT2D eigenvalue weighted by Gasteiger charge is 2.30. The van der Waals surface area contributed by atoms with Crippen molar-refractivity contribution in [3.63, 3.8) is 0 Å². The fourth-order valence-corrected chi connectivity index (χ4v) is 7.71. The number of benzene rings is 4. The third-order valence-electron chi connectivity index (χ3n) is 8.53. The van der Waals surface area contributed by atoms with Gasteiger partial charge in [0.05, 0.1) is 5.56 Å². The topological polar surface area (TPSA) is 0 Å². The van der Waals surface area contributed by atoms with Gasteiger partial charge in [-0.15, -0.1) is 11.3 Å². The first kappa shape index (κ1) is 26.0. The minimum absolute atomic E-state index is 0.445. The summed E-state index contributed by atoms with van der Waals surface area (Å²) < 4.78 is 39.1. The molecule has 2 aliphatic carbocycles. The Morgan fingerprint density at radius 1 is 0.732 bits per heavy atom. The van der Waals surface area contributed by atoms with E-state index in [-0.39, 0.29) is 0 Å². The van der Waals surface area contributed by atoms with Crippen molar-refractivity contribution < 1.29 is 13.2 Å². The highest BCUT2D eigenvalue weighted by atomic mass is 32.1. The predicted molar refractivity (Wildman–Crippen MR) is 162 cm³/mol. The molecule has 0 N–H and O–H groups in total. The highest BCUT2D eigenvalue weighted by molar-refractivity contribution is 7.15. The van der Waals surface area contributed by atoms with E-state index in [1.54, 1.807) is 23.5 Å². The fraction of sp³-hybridized carbons (Fsp3) is 0.189. The maximum atomic E-state index is 13.0. The third kappa shape index (κ3) is 4.95. The molecule has 1 aromatic heterocycles. The van der Waals surface area contributed by atoms with Crippen molar-refractivity contribution in [1.29, 1.82) is 0 Å². The molecule has 41 heavy (non-hydrogen) atoms. The molecule has 0 fully saturated rings. The first-order valence-electron chi connectivity index (χ1n) is 14.1. The van der Waals surface area contributed by atoms with Crippen molar-refractivity contribution in [2.45, 2.75) is 38.8 Å². The van der Waals surface area contributed by atoms with Gasteiger partial charge in [-0.05, 0) is 111 Å². The van der Waals surface area contributed by atoms with Gasteiger partial charge < -0.3 is 0 Å². The van der Waals surface area contributed by atoms with Crippen LogP contribution in [0.4, 0.5) is 13.2 Å². The van der Waals surface area contributed by atoms with Crippen LogP contribution < -0.4 is 10.4 Å². The normalized spacial score (nSPS) is 16.0. The first-order chi connectivity index (χ1) is 19.8. The molecule has 5 aromatic rings. The summed E-state index contributed by atoms with van der Waals surface area (Å²) in [5, 5.41) is 5.36. The van der Waals surface area contributed by atoms with Gasteiger partial charge in [0.2, 0.25) is 0 Å². The van der Waals surface area contributed by atoms with Crippen LogP contribution in [0.25, 0.3) is 22.1 Å². The maximum Gasteiger partial charge on any atom is 0.416 e. The molecule has 204 valence electrons. The quantitative estimate of drug-likeness (QED) is 0.206. The lowest BCUT2D eigenvalue weighted by molar-refractivity contribution is -0.137. The van der Waals surface area contributed by atoms with Crippen LogP contribution in [-0.2, 0) is 25.4 Å². The summed E-state index contributed by atoms with van der Waals surface area (Å²) >= 11 is 1.70. The van der Waals surface area contributed by atoms with Gasteiger partial charge in [0.15, 0.2) is 0 Å². The Labute approximate surface area is 241 Å². The van der Waals surface area contributed by atoms with Gasteiger partial charge in [-0.3, -0.25) is 0 Å². The van der Waals surface area contributed by atoms with Crippen molar-refractivity contribution in [3.05, 3.63) is 151 Å². The van der Waals surface area contributed by atoms with Crippen LogP contribution in [0.1, 0.15) is 39.1 Å². The smallest absolute Gasteiger partial charge is 0.166 e. The zero-order valence-corrected chi connectivity index (χ0v) is 23.6. The van der Waals surface area contributed by atoms with E-state index in [1.807, 2.05) is 0 Å². The van der Waals surface area contributed by atoms with E-state index in [4.69, 9.17) is 0 Å². The Morgan fingerprint density at radius 2 is 1.54 bits per heavy atom. The number of alkyl halides is 3. The van der Waals surface area contributed by atoms with Crippen molar-refractivity contribution >= 4 is 23.0 Å². The number of aryl methyl sites for hydroxylation is 1. The molecule has 0 saturated carbocycles. The summed E-state index contributed by atoms with van der Waals surface area (Å²) in [6.07, 6.45) is 1.97. The Bertz CT molecular complexity index is 2000. The van der Waals surface area contributed by atoms with Crippen LogP contribution in [0.15, 0.2) is 97.1 Å². The molecule has 4 heteroatoms. The molecule has 7 rings (SSSR count). The molecule has 1 heterocycles. The zero-order chi connectivity index (χ0) is 28.1. The monoisotopic (exact) mass is 562 g/mol. The molecular formula is C37H29F3S. The minimum Gasteiger partial charge on any atom is -0.166 e. The van der Waals surface area contributed by atoms with E-state index in [0.717, 1.165) is 36.1 Å². The molecule has 0 spiro atoms. The van der Waals surface area contributed by atoms with Crippen molar-refractivity contribution in [2.75, 3.05) is 0 Å². The Balaban J connectivity index is 1.27. The lowest BCUT2D eigenvalue weighted by atomic mass is 9.77. The van der Waals surface area contributed by atoms with E-state index in [0.29, 0.717) is 5.92 Å². The number of rotatable bonds is 4.